The van der Waals surface area contributed by atoms with Crippen LogP contribution in [0.25, 0.3) is 0 Å². The Morgan fingerprint density at radius 1 is 1.33 bits per heavy atom. The first-order valence-electron chi connectivity index (χ1n) is 7.48. The van der Waals surface area contributed by atoms with Gasteiger partial charge in [0.15, 0.2) is 0 Å². The van der Waals surface area contributed by atoms with Gasteiger partial charge in [0.25, 0.3) is 0 Å². The van der Waals surface area contributed by atoms with Crippen LogP contribution in [0.15, 0.2) is 4.90 Å². The van der Waals surface area contributed by atoms with E-state index in [-0.39, 0.29) is 12.1 Å². The van der Waals surface area contributed by atoms with Crippen molar-refractivity contribution in [2.24, 2.45) is 0 Å². The van der Waals surface area contributed by atoms with Crippen LogP contribution < -0.4 is 0 Å². The van der Waals surface area contributed by atoms with E-state index in [9.17, 15) is 8.42 Å². The number of aromatic nitrogens is 2. The average Bonchev–Trinajstić information content (AvgIpc) is 2.91. The van der Waals surface area contributed by atoms with Gasteiger partial charge in [-0.25, -0.2) is 8.42 Å². The number of rotatable bonds is 5. The molecule has 2 unspecified atom stereocenters. The quantitative estimate of drug-likeness (QED) is 0.778. The molecule has 120 valence electrons. The van der Waals surface area contributed by atoms with Crippen LogP contribution in [0.4, 0.5) is 0 Å². The third kappa shape index (κ3) is 2.85. The number of alkyl halides is 1. The number of hydrogen-bond acceptors (Lipinski definition) is 3. The van der Waals surface area contributed by atoms with Gasteiger partial charge < -0.3 is 0 Å². The normalized spacial score (nSPS) is 23.9. The number of nitrogens with zero attached hydrogens (tertiary/aromatic N) is 3. The molecule has 0 spiro atoms. The minimum absolute atomic E-state index is 0.0510. The van der Waals surface area contributed by atoms with E-state index in [1.165, 1.54) is 0 Å². The van der Waals surface area contributed by atoms with Crippen LogP contribution in [0.5, 0.6) is 0 Å². The van der Waals surface area contributed by atoms with Crippen molar-refractivity contribution in [3.05, 3.63) is 11.4 Å². The molecule has 1 saturated heterocycles. The van der Waals surface area contributed by atoms with Crippen molar-refractivity contribution in [3.63, 3.8) is 0 Å². The summed E-state index contributed by atoms with van der Waals surface area (Å²) in [5, 5.41) is 4.34. The summed E-state index contributed by atoms with van der Waals surface area (Å²) in [5.74, 6) is 0.416. The van der Waals surface area contributed by atoms with Crippen molar-refractivity contribution >= 4 is 21.6 Å². The minimum Gasteiger partial charge on any atom is -0.267 e. The molecule has 0 aliphatic carbocycles. The first-order chi connectivity index (χ1) is 9.84. The molecular formula is C14H24ClN3O2S. The van der Waals surface area contributed by atoms with E-state index in [1.807, 2.05) is 13.8 Å². The van der Waals surface area contributed by atoms with Crippen molar-refractivity contribution in [2.45, 2.75) is 70.5 Å². The molecule has 0 aromatic carbocycles. The molecule has 21 heavy (non-hydrogen) atoms. The van der Waals surface area contributed by atoms with Gasteiger partial charge in [0.05, 0.1) is 17.9 Å². The number of sulfonamides is 1. The van der Waals surface area contributed by atoms with Crippen molar-refractivity contribution in [2.75, 3.05) is 5.88 Å². The molecule has 1 aromatic heterocycles. The molecule has 0 bridgehead atoms. The maximum atomic E-state index is 13.1. The molecule has 0 N–H and O–H groups in total. The Morgan fingerprint density at radius 2 is 2.00 bits per heavy atom. The molecule has 2 rings (SSSR count). The SMILES string of the molecule is CCC1CCC(C)N1S(=O)(=O)c1c(C)nn(CCCl)c1C. The van der Waals surface area contributed by atoms with E-state index in [2.05, 4.69) is 5.10 Å². The molecule has 1 aliphatic rings. The Balaban J connectivity index is 2.49. The predicted octanol–water partition coefficient (Wildman–Crippen LogP) is 2.69. The summed E-state index contributed by atoms with van der Waals surface area (Å²) >= 11 is 5.76. The monoisotopic (exact) mass is 333 g/mol. The van der Waals surface area contributed by atoms with Crippen molar-refractivity contribution in [3.8, 4) is 0 Å². The van der Waals surface area contributed by atoms with Crippen molar-refractivity contribution in [1.29, 1.82) is 0 Å². The van der Waals surface area contributed by atoms with Crippen molar-refractivity contribution < 1.29 is 8.42 Å². The molecule has 1 aromatic rings. The fourth-order valence-electron chi connectivity index (χ4n) is 3.32. The Hall–Kier alpha value is -0.590. The first-order valence-corrected chi connectivity index (χ1v) is 9.45. The standard InChI is InChI=1S/C14H24ClN3O2S/c1-5-13-7-6-10(2)18(13)21(19,20)14-11(3)16-17(9-8-15)12(14)4/h10,13H,5-9H2,1-4H3. The van der Waals surface area contributed by atoms with E-state index in [1.54, 1.807) is 22.8 Å². The fraction of sp³-hybridized carbons (Fsp3) is 0.786. The van der Waals surface area contributed by atoms with Crippen LogP contribution in [-0.4, -0.2) is 40.5 Å². The second-order valence-electron chi connectivity index (χ2n) is 5.74. The van der Waals surface area contributed by atoms with Crippen LogP contribution in [0.1, 0.15) is 44.5 Å². The highest BCUT2D eigenvalue weighted by Crippen LogP contribution is 2.34. The van der Waals surface area contributed by atoms with E-state index in [4.69, 9.17) is 11.6 Å². The second-order valence-corrected chi connectivity index (χ2v) is 7.89. The van der Waals surface area contributed by atoms with E-state index in [0.717, 1.165) is 19.3 Å². The zero-order chi connectivity index (χ0) is 15.8. The smallest absolute Gasteiger partial charge is 0.247 e. The molecule has 7 heteroatoms. The van der Waals surface area contributed by atoms with E-state index in [0.29, 0.717) is 28.7 Å². The number of halogens is 1. The summed E-state index contributed by atoms with van der Waals surface area (Å²) in [4.78, 5) is 0.361. The maximum Gasteiger partial charge on any atom is 0.247 e. The summed E-state index contributed by atoms with van der Waals surface area (Å²) in [5.41, 5.74) is 1.24. The molecule has 5 nitrogen and oxygen atoms in total. The van der Waals surface area contributed by atoms with Gasteiger partial charge in [-0.15, -0.1) is 11.6 Å². The Bertz CT molecular complexity index is 612. The van der Waals surface area contributed by atoms with Gasteiger partial charge in [0, 0.05) is 18.0 Å². The summed E-state index contributed by atoms with van der Waals surface area (Å²) < 4.78 is 29.6. The predicted molar refractivity (Wildman–Crippen MR) is 84.2 cm³/mol. The van der Waals surface area contributed by atoms with Crippen LogP contribution in [0, 0.1) is 13.8 Å². The van der Waals surface area contributed by atoms with Gasteiger partial charge in [-0.3, -0.25) is 4.68 Å². The lowest BCUT2D eigenvalue weighted by atomic mass is 10.2. The van der Waals surface area contributed by atoms with Gasteiger partial charge in [-0.2, -0.15) is 9.40 Å². The molecule has 2 atom stereocenters. The Morgan fingerprint density at radius 3 is 2.57 bits per heavy atom. The molecule has 2 heterocycles. The van der Waals surface area contributed by atoms with Crippen LogP contribution in [-0.2, 0) is 16.6 Å². The Labute approximate surface area is 132 Å². The Kier molecular flexibility index (Phi) is 5.00. The second kappa shape index (κ2) is 6.26. The van der Waals surface area contributed by atoms with Gasteiger partial charge in [0.1, 0.15) is 4.90 Å². The van der Waals surface area contributed by atoms with Crippen LogP contribution in [0.3, 0.4) is 0 Å². The van der Waals surface area contributed by atoms with Gasteiger partial charge in [-0.05, 0) is 40.0 Å². The van der Waals surface area contributed by atoms with E-state index < -0.39 is 10.0 Å². The summed E-state index contributed by atoms with van der Waals surface area (Å²) in [7, 11) is -3.50. The van der Waals surface area contributed by atoms with Crippen LogP contribution >= 0.6 is 11.6 Å². The highest BCUT2D eigenvalue weighted by molar-refractivity contribution is 7.89. The van der Waals surface area contributed by atoms with Gasteiger partial charge >= 0.3 is 0 Å². The lowest BCUT2D eigenvalue weighted by Gasteiger charge is -2.27. The molecular weight excluding hydrogens is 310 g/mol. The van der Waals surface area contributed by atoms with E-state index >= 15 is 0 Å². The first kappa shape index (κ1) is 16.8. The largest absolute Gasteiger partial charge is 0.267 e. The molecule has 1 fully saturated rings. The fourth-order valence-corrected chi connectivity index (χ4v) is 5.81. The number of aryl methyl sites for hydroxylation is 2. The third-order valence-corrected chi connectivity index (χ3v) is 6.82. The molecule has 0 amide bonds. The van der Waals surface area contributed by atoms with Gasteiger partial charge in [-0.1, -0.05) is 6.92 Å². The maximum absolute atomic E-state index is 13.1. The molecule has 0 radical (unpaired) electrons. The number of hydrogen-bond donors (Lipinski definition) is 0. The third-order valence-electron chi connectivity index (χ3n) is 4.33. The van der Waals surface area contributed by atoms with Gasteiger partial charge in [0.2, 0.25) is 10.0 Å². The lowest BCUT2D eigenvalue weighted by Crippen LogP contribution is -2.40. The average molecular weight is 334 g/mol. The van der Waals surface area contributed by atoms with Crippen molar-refractivity contribution in [1.82, 2.24) is 14.1 Å². The molecule has 1 aliphatic heterocycles. The van der Waals surface area contributed by atoms with Crippen LogP contribution in [0.2, 0.25) is 0 Å². The summed E-state index contributed by atoms with van der Waals surface area (Å²) in [6.45, 7) is 8.12. The zero-order valence-corrected chi connectivity index (χ0v) is 14.7. The highest BCUT2D eigenvalue weighted by Gasteiger charge is 2.41. The topological polar surface area (TPSA) is 55.2 Å². The minimum atomic E-state index is -3.50. The summed E-state index contributed by atoms with van der Waals surface area (Å²) in [6, 6.07) is 0.148. The lowest BCUT2D eigenvalue weighted by molar-refractivity contribution is 0.328. The highest BCUT2D eigenvalue weighted by atomic mass is 35.5. The molecule has 0 saturated carbocycles. The zero-order valence-electron chi connectivity index (χ0n) is 13.1. The summed E-state index contributed by atoms with van der Waals surface area (Å²) in [6.07, 6.45) is 2.70.